The molecule has 0 aliphatic rings. The fourth-order valence-electron chi connectivity index (χ4n) is 0.996. The minimum absolute atomic E-state index is 0.463. The monoisotopic (exact) mass is 184 g/mol. The molecule has 0 radical (unpaired) electrons. The van der Waals surface area contributed by atoms with E-state index in [0.29, 0.717) is 11.5 Å². The minimum atomic E-state index is -0.997. The van der Waals surface area contributed by atoms with Crippen LogP contribution in [0.5, 0.6) is 0 Å². The van der Waals surface area contributed by atoms with Gasteiger partial charge in [0.25, 0.3) is 0 Å². The molecular weight excluding hydrogens is 168 g/mol. The van der Waals surface area contributed by atoms with Crippen molar-refractivity contribution in [1.29, 1.82) is 0 Å². The van der Waals surface area contributed by atoms with Gasteiger partial charge in [0.1, 0.15) is 22.7 Å². The summed E-state index contributed by atoms with van der Waals surface area (Å²) < 4.78 is 5.31. The molecule has 0 amide bonds. The summed E-state index contributed by atoms with van der Waals surface area (Å²) in [4.78, 5) is 0. The van der Waals surface area contributed by atoms with Crippen LogP contribution >= 0.6 is 0 Å². The van der Waals surface area contributed by atoms with Crippen LogP contribution in [-0.2, 0) is 11.2 Å². The van der Waals surface area contributed by atoms with Crippen molar-refractivity contribution in [2.45, 2.75) is 38.9 Å². The molecule has 3 heteroatoms. The third kappa shape index (κ3) is 2.32. The first kappa shape index (κ1) is 10.3. The van der Waals surface area contributed by atoms with Gasteiger partial charge in [-0.05, 0) is 39.8 Å². The molecule has 0 saturated carbocycles. The van der Waals surface area contributed by atoms with Gasteiger partial charge in [0.15, 0.2) is 0 Å². The minimum Gasteiger partial charge on any atom is -0.460 e. The summed E-state index contributed by atoms with van der Waals surface area (Å²) in [5, 5.41) is 19.2. The summed E-state index contributed by atoms with van der Waals surface area (Å²) in [5.74, 6) is 0.925. The third-order valence-corrected chi connectivity index (χ3v) is 1.81. The molecule has 1 rings (SSSR count). The first-order valence-corrected chi connectivity index (χ1v) is 4.27. The van der Waals surface area contributed by atoms with E-state index in [1.165, 1.54) is 0 Å². The van der Waals surface area contributed by atoms with E-state index in [-0.39, 0.29) is 0 Å². The average Bonchev–Trinajstić information content (AvgIpc) is 2.28. The Balaban J connectivity index is 3.01. The summed E-state index contributed by atoms with van der Waals surface area (Å²) >= 11 is 0. The van der Waals surface area contributed by atoms with Gasteiger partial charge in [-0.15, -0.1) is 0 Å². The van der Waals surface area contributed by atoms with E-state index in [1.807, 2.05) is 0 Å². The summed E-state index contributed by atoms with van der Waals surface area (Å²) in [6.45, 7) is 6.56. The summed E-state index contributed by atoms with van der Waals surface area (Å²) in [6, 6.07) is 3.35. The van der Waals surface area contributed by atoms with Crippen molar-refractivity contribution >= 4 is 0 Å². The molecule has 0 saturated heterocycles. The van der Waals surface area contributed by atoms with Gasteiger partial charge in [-0.2, -0.15) is 0 Å². The van der Waals surface area contributed by atoms with Gasteiger partial charge in [0, 0.05) is 0 Å². The second-order valence-electron chi connectivity index (χ2n) is 4.28. The normalized spacial score (nSPS) is 13.4. The van der Waals surface area contributed by atoms with Crippen LogP contribution in [0.3, 0.4) is 0 Å². The zero-order chi connectivity index (χ0) is 10.3. The van der Waals surface area contributed by atoms with Crippen molar-refractivity contribution in [1.82, 2.24) is 0 Å². The van der Waals surface area contributed by atoms with Crippen LogP contribution < -0.4 is 0 Å². The standard InChI is InChI=1S/C10H16O3/c1-9(2,11)7-5-6-8(13-7)10(3,4)12/h5-6,11-12H,1-4H3. The molecule has 0 bridgehead atoms. The third-order valence-electron chi connectivity index (χ3n) is 1.81. The van der Waals surface area contributed by atoms with Crippen molar-refractivity contribution in [3.63, 3.8) is 0 Å². The summed E-state index contributed by atoms with van der Waals surface area (Å²) in [5.41, 5.74) is -1.99. The van der Waals surface area contributed by atoms with Crippen molar-refractivity contribution in [3.05, 3.63) is 23.7 Å². The highest BCUT2D eigenvalue weighted by atomic mass is 16.4. The quantitative estimate of drug-likeness (QED) is 0.736. The van der Waals surface area contributed by atoms with Gasteiger partial charge < -0.3 is 14.6 Å². The lowest BCUT2D eigenvalue weighted by Gasteiger charge is -2.16. The largest absolute Gasteiger partial charge is 0.460 e. The summed E-state index contributed by atoms with van der Waals surface area (Å²) in [7, 11) is 0. The van der Waals surface area contributed by atoms with Gasteiger partial charge in [-0.3, -0.25) is 0 Å². The van der Waals surface area contributed by atoms with Gasteiger partial charge in [-0.25, -0.2) is 0 Å². The maximum atomic E-state index is 9.59. The van der Waals surface area contributed by atoms with Gasteiger partial charge in [0.2, 0.25) is 0 Å². The molecule has 0 aliphatic heterocycles. The van der Waals surface area contributed by atoms with E-state index in [9.17, 15) is 10.2 Å². The predicted octanol–water partition coefficient (Wildman–Crippen LogP) is 1.73. The molecule has 0 aliphatic carbocycles. The van der Waals surface area contributed by atoms with Crippen LogP contribution in [0.1, 0.15) is 39.2 Å². The average molecular weight is 184 g/mol. The number of aliphatic hydroxyl groups is 2. The molecule has 0 atom stereocenters. The smallest absolute Gasteiger partial charge is 0.135 e. The van der Waals surface area contributed by atoms with E-state index in [4.69, 9.17) is 4.42 Å². The van der Waals surface area contributed by atoms with Crippen LogP contribution in [0.2, 0.25) is 0 Å². The highest BCUT2D eigenvalue weighted by Crippen LogP contribution is 2.27. The highest BCUT2D eigenvalue weighted by Gasteiger charge is 2.25. The lowest BCUT2D eigenvalue weighted by molar-refractivity contribution is 0.0283. The number of hydrogen-bond acceptors (Lipinski definition) is 3. The maximum absolute atomic E-state index is 9.59. The molecule has 3 nitrogen and oxygen atoms in total. The Morgan fingerprint density at radius 3 is 1.38 bits per heavy atom. The van der Waals surface area contributed by atoms with E-state index in [2.05, 4.69) is 0 Å². The Morgan fingerprint density at radius 1 is 0.923 bits per heavy atom. The van der Waals surface area contributed by atoms with Crippen LogP contribution in [-0.4, -0.2) is 10.2 Å². The Kier molecular flexibility index (Phi) is 2.26. The van der Waals surface area contributed by atoms with E-state index in [0.717, 1.165) is 0 Å². The number of rotatable bonds is 2. The van der Waals surface area contributed by atoms with Crippen molar-refractivity contribution in [2.24, 2.45) is 0 Å². The molecule has 0 fully saturated rings. The molecule has 2 N–H and O–H groups in total. The summed E-state index contributed by atoms with van der Waals surface area (Å²) in [6.07, 6.45) is 0. The second-order valence-corrected chi connectivity index (χ2v) is 4.28. The predicted molar refractivity (Wildman–Crippen MR) is 49.2 cm³/mol. The zero-order valence-electron chi connectivity index (χ0n) is 8.46. The fraction of sp³-hybridized carbons (Fsp3) is 0.600. The Hall–Kier alpha value is -0.800. The first-order chi connectivity index (χ1) is 5.71. The lowest BCUT2D eigenvalue weighted by Crippen LogP contribution is -2.16. The molecule has 0 aromatic carbocycles. The lowest BCUT2D eigenvalue weighted by atomic mass is 10.1. The Bertz CT molecular complexity index is 257. The van der Waals surface area contributed by atoms with Crippen LogP contribution in [0.25, 0.3) is 0 Å². The molecular formula is C10H16O3. The molecule has 1 aromatic rings. The van der Waals surface area contributed by atoms with E-state index >= 15 is 0 Å². The Labute approximate surface area is 78.0 Å². The molecule has 74 valence electrons. The van der Waals surface area contributed by atoms with Crippen LogP contribution in [0, 0.1) is 0 Å². The van der Waals surface area contributed by atoms with Crippen LogP contribution in [0.4, 0.5) is 0 Å². The highest BCUT2D eigenvalue weighted by molar-refractivity contribution is 5.15. The Morgan fingerprint density at radius 2 is 1.23 bits per heavy atom. The zero-order valence-corrected chi connectivity index (χ0v) is 8.46. The van der Waals surface area contributed by atoms with E-state index < -0.39 is 11.2 Å². The number of hydrogen-bond donors (Lipinski definition) is 2. The van der Waals surface area contributed by atoms with Crippen molar-refractivity contribution in [2.75, 3.05) is 0 Å². The SMILES string of the molecule is CC(C)(O)c1ccc(C(C)(C)O)o1. The molecule has 0 unspecified atom stereocenters. The van der Waals surface area contributed by atoms with Gasteiger partial charge in [0.05, 0.1) is 0 Å². The van der Waals surface area contributed by atoms with Crippen molar-refractivity contribution < 1.29 is 14.6 Å². The molecule has 1 heterocycles. The first-order valence-electron chi connectivity index (χ1n) is 4.27. The molecule has 1 aromatic heterocycles. The van der Waals surface area contributed by atoms with Gasteiger partial charge in [-0.1, -0.05) is 0 Å². The van der Waals surface area contributed by atoms with Crippen molar-refractivity contribution in [3.8, 4) is 0 Å². The maximum Gasteiger partial charge on any atom is 0.135 e. The van der Waals surface area contributed by atoms with Crippen LogP contribution in [0.15, 0.2) is 16.5 Å². The van der Waals surface area contributed by atoms with E-state index in [1.54, 1.807) is 39.8 Å². The fourth-order valence-corrected chi connectivity index (χ4v) is 0.996. The molecule has 13 heavy (non-hydrogen) atoms. The second kappa shape index (κ2) is 2.86. The van der Waals surface area contributed by atoms with Gasteiger partial charge >= 0.3 is 0 Å². The molecule has 0 spiro atoms. The number of furan rings is 1. The topological polar surface area (TPSA) is 53.6 Å².